The summed E-state index contributed by atoms with van der Waals surface area (Å²) in [5, 5.41) is 8.34. The Hall–Kier alpha value is -1.11. The molecule has 0 spiro atoms. The smallest absolute Gasteiger partial charge is 0.0642 e. The zero-order valence-corrected chi connectivity index (χ0v) is 7.29. The highest BCUT2D eigenvalue weighted by molar-refractivity contribution is 5.85. The van der Waals surface area contributed by atoms with Crippen LogP contribution in [0.2, 0.25) is 0 Å². The Morgan fingerprint density at radius 3 is 2.83 bits per heavy atom. The van der Waals surface area contributed by atoms with Crippen LogP contribution in [0.3, 0.4) is 0 Å². The van der Waals surface area contributed by atoms with E-state index >= 15 is 0 Å². The third kappa shape index (κ3) is 2.87. The van der Waals surface area contributed by atoms with Gasteiger partial charge in [-0.05, 0) is 12.1 Å². The zero-order chi connectivity index (χ0) is 8.10. The van der Waals surface area contributed by atoms with E-state index in [4.69, 9.17) is 11.0 Å². The van der Waals surface area contributed by atoms with Crippen LogP contribution in [0.5, 0.6) is 0 Å². The average molecular weight is 184 g/mol. The highest BCUT2D eigenvalue weighted by Gasteiger charge is 2.04. The van der Waals surface area contributed by atoms with Gasteiger partial charge in [0.05, 0.1) is 24.2 Å². The fourth-order valence-electron chi connectivity index (χ4n) is 0.798. The van der Waals surface area contributed by atoms with Crippen LogP contribution >= 0.6 is 12.4 Å². The van der Waals surface area contributed by atoms with E-state index in [0.29, 0.717) is 6.42 Å². The quantitative estimate of drug-likeness (QED) is 0.754. The Balaban J connectivity index is 0.00000121. The Kier molecular flexibility index (Phi) is 5.02. The molecular formula is C8H10ClN3. The molecule has 3 nitrogen and oxygen atoms in total. The van der Waals surface area contributed by atoms with Crippen molar-refractivity contribution in [2.45, 2.75) is 12.5 Å². The van der Waals surface area contributed by atoms with Gasteiger partial charge >= 0.3 is 0 Å². The number of rotatable bonds is 2. The van der Waals surface area contributed by atoms with Gasteiger partial charge in [0.1, 0.15) is 0 Å². The maximum Gasteiger partial charge on any atom is 0.0642 e. The summed E-state index contributed by atoms with van der Waals surface area (Å²) < 4.78 is 0. The molecule has 1 aromatic rings. The number of halogens is 1. The summed E-state index contributed by atoms with van der Waals surface area (Å²) in [5.41, 5.74) is 6.39. The molecule has 12 heavy (non-hydrogen) atoms. The predicted molar refractivity (Wildman–Crippen MR) is 48.6 cm³/mol. The van der Waals surface area contributed by atoms with Gasteiger partial charge in [-0.15, -0.1) is 12.4 Å². The summed E-state index contributed by atoms with van der Waals surface area (Å²) in [6.07, 6.45) is 1.99. The maximum atomic E-state index is 8.34. The van der Waals surface area contributed by atoms with Gasteiger partial charge in [-0.1, -0.05) is 6.07 Å². The molecule has 2 N–H and O–H groups in total. The lowest BCUT2D eigenvalue weighted by Crippen LogP contribution is -2.10. The molecule has 0 saturated heterocycles. The van der Waals surface area contributed by atoms with Crippen LogP contribution in [0.4, 0.5) is 0 Å². The lowest BCUT2D eigenvalue weighted by molar-refractivity contribution is 0.720. The Morgan fingerprint density at radius 1 is 1.58 bits per heavy atom. The largest absolute Gasteiger partial charge is 0.322 e. The van der Waals surface area contributed by atoms with Crippen molar-refractivity contribution < 1.29 is 0 Å². The van der Waals surface area contributed by atoms with Crippen LogP contribution in [0, 0.1) is 11.3 Å². The van der Waals surface area contributed by atoms with Gasteiger partial charge in [-0.3, -0.25) is 4.98 Å². The summed E-state index contributed by atoms with van der Waals surface area (Å²) >= 11 is 0. The molecule has 1 rings (SSSR count). The number of nitrogens with zero attached hydrogens (tertiary/aromatic N) is 2. The van der Waals surface area contributed by atoms with Crippen LogP contribution in [0.1, 0.15) is 18.2 Å². The van der Waals surface area contributed by atoms with E-state index in [-0.39, 0.29) is 18.4 Å². The summed E-state index contributed by atoms with van der Waals surface area (Å²) in [6.45, 7) is 0. The van der Waals surface area contributed by atoms with Gasteiger partial charge in [0.25, 0.3) is 0 Å². The number of nitriles is 1. The van der Waals surface area contributed by atoms with Crippen LogP contribution in [-0.2, 0) is 0 Å². The monoisotopic (exact) mass is 183 g/mol. The molecule has 1 heterocycles. The molecule has 0 aliphatic rings. The molecule has 0 radical (unpaired) electrons. The fourth-order valence-corrected chi connectivity index (χ4v) is 0.798. The van der Waals surface area contributed by atoms with E-state index in [9.17, 15) is 0 Å². The van der Waals surface area contributed by atoms with Crippen LogP contribution < -0.4 is 5.73 Å². The van der Waals surface area contributed by atoms with Gasteiger partial charge < -0.3 is 5.73 Å². The summed E-state index contributed by atoms with van der Waals surface area (Å²) in [6, 6.07) is 7.26. The SMILES string of the molecule is Cl.N#CC[C@H](N)c1ccccn1. The van der Waals surface area contributed by atoms with Crippen molar-refractivity contribution in [3.8, 4) is 6.07 Å². The van der Waals surface area contributed by atoms with Gasteiger partial charge in [0, 0.05) is 6.20 Å². The van der Waals surface area contributed by atoms with Crippen molar-refractivity contribution in [2.24, 2.45) is 5.73 Å². The first-order valence-electron chi connectivity index (χ1n) is 3.38. The molecule has 1 atom stereocenters. The lowest BCUT2D eigenvalue weighted by atomic mass is 10.1. The second kappa shape index (κ2) is 5.53. The van der Waals surface area contributed by atoms with Crippen molar-refractivity contribution in [1.82, 2.24) is 4.98 Å². The van der Waals surface area contributed by atoms with E-state index in [1.165, 1.54) is 0 Å². The number of pyridine rings is 1. The van der Waals surface area contributed by atoms with Crippen LogP contribution in [-0.4, -0.2) is 4.98 Å². The molecule has 0 amide bonds. The number of hydrogen-bond donors (Lipinski definition) is 1. The van der Waals surface area contributed by atoms with Gasteiger partial charge in [0.15, 0.2) is 0 Å². The van der Waals surface area contributed by atoms with Crippen molar-refractivity contribution >= 4 is 12.4 Å². The second-order valence-corrected chi connectivity index (χ2v) is 2.22. The predicted octanol–water partition coefficient (Wildman–Crippen LogP) is 1.42. The van der Waals surface area contributed by atoms with E-state index < -0.39 is 0 Å². The highest BCUT2D eigenvalue weighted by atomic mass is 35.5. The molecule has 0 aromatic carbocycles. The zero-order valence-electron chi connectivity index (χ0n) is 6.47. The topological polar surface area (TPSA) is 62.7 Å². The third-order valence-corrected chi connectivity index (χ3v) is 1.38. The first-order chi connectivity index (χ1) is 5.34. The Morgan fingerprint density at radius 2 is 2.33 bits per heavy atom. The van der Waals surface area contributed by atoms with E-state index in [2.05, 4.69) is 4.98 Å². The highest BCUT2D eigenvalue weighted by Crippen LogP contribution is 2.08. The van der Waals surface area contributed by atoms with Crippen molar-refractivity contribution in [1.29, 1.82) is 5.26 Å². The molecule has 64 valence electrons. The molecular weight excluding hydrogens is 174 g/mol. The van der Waals surface area contributed by atoms with Crippen LogP contribution in [0.25, 0.3) is 0 Å². The molecule has 0 bridgehead atoms. The molecule has 0 aliphatic heterocycles. The molecule has 0 aliphatic carbocycles. The normalized spacial score (nSPS) is 11.0. The minimum atomic E-state index is -0.249. The molecule has 0 saturated carbocycles. The molecule has 1 aromatic heterocycles. The van der Waals surface area contributed by atoms with Crippen molar-refractivity contribution in [3.05, 3.63) is 30.1 Å². The summed E-state index contributed by atoms with van der Waals surface area (Å²) in [7, 11) is 0. The van der Waals surface area contributed by atoms with Gasteiger partial charge in [-0.2, -0.15) is 5.26 Å². The maximum absolute atomic E-state index is 8.34. The molecule has 0 unspecified atom stereocenters. The third-order valence-electron chi connectivity index (χ3n) is 1.38. The summed E-state index contributed by atoms with van der Waals surface area (Å²) in [5.74, 6) is 0. The van der Waals surface area contributed by atoms with E-state index in [1.807, 2.05) is 24.3 Å². The fraction of sp³-hybridized carbons (Fsp3) is 0.250. The number of hydrogen-bond acceptors (Lipinski definition) is 3. The Bertz CT molecular complexity index is 255. The lowest BCUT2D eigenvalue weighted by Gasteiger charge is -2.04. The standard InChI is InChI=1S/C8H9N3.ClH/c9-5-4-7(10)8-3-1-2-6-11-8;/h1-3,6-7H,4,10H2;1H/t7-;/m0./s1. The first kappa shape index (κ1) is 10.9. The number of nitrogens with two attached hydrogens (primary N) is 1. The van der Waals surface area contributed by atoms with Crippen LogP contribution in [0.15, 0.2) is 24.4 Å². The minimum absolute atomic E-state index is 0. The number of aromatic nitrogens is 1. The van der Waals surface area contributed by atoms with Crippen molar-refractivity contribution in [2.75, 3.05) is 0 Å². The van der Waals surface area contributed by atoms with Gasteiger partial charge in [0.2, 0.25) is 0 Å². The van der Waals surface area contributed by atoms with E-state index in [0.717, 1.165) is 5.69 Å². The second-order valence-electron chi connectivity index (χ2n) is 2.22. The Labute approximate surface area is 77.6 Å². The average Bonchev–Trinajstić information content (AvgIpc) is 2.07. The summed E-state index contributed by atoms with van der Waals surface area (Å²) in [4.78, 5) is 4.02. The van der Waals surface area contributed by atoms with E-state index in [1.54, 1.807) is 6.20 Å². The minimum Gasteiger partial charge on any atom is -0.322 e. The first-order valence-corrected chi connectivity index (χ1v) is 3.38. The molecule has 0 fully saturated rings. The van der Waals surface area contributed by atoms with Gasteiger partial charge in [-0.25, -0.2) is 0 Å². The van der Waals surface area contributed by atoms with Crippen molar-refractivity contribution in [3.63, 3.8) is 0 Å². The molecule has 4 heteroatoms.